The number of methoxy groups -OCH3 is 1. The lowest BCUT2D eigenvalue weighted by Crippen LogP contribution is -2.32. The maximum Gasteiger partial charge on any atom is 0.131 e. The minimum Gasteiger partial charge on any atom is -0.496 e. The first kappa shape index (κ1) is 93.9. The van der Waals surface area contributed by atoms with Crippen LogP contribution in [0.2, 0.25) is 30.1 Å². The zero-order valence-corrected chi connectivity index (χ0v) is 75.0. The molecule has 6 aliphatic heterocycles. The number of nitrogens with one attached hydrogen (secondary N) is 4. The number of aryl methyl sites for hydroxylation is 6. The monoisotopic (exact) mass is 1830 g/mol. The number of ether oxygens (including phenoxy) is 7. The Morgan fingerprint density at radius 1 is 0.286 bits per heavy atom. The standard InChI is InChI=1S/2C17H16Cl2FNO.C17H17ClFNO.C17H18FNO2.C17H18FNO.C16H15ClFNO/c1-21-9-13-4-2-10-6-12(20)8-15(17(10)22-13)14-7-11(18)3-5-16(14)19;1-21-9-13-4-2-10-6-12(20)8-15(17(10)22-13)14-5-3-11(18)7-16(14)19;1-20-10-13-7-6-11-8-12(19)9-15(17(11)21-13)14-4-2-3-5-16(14)18;1-20-16-5-3-2-4-14(16)15-9-12(18)8-11-6-7-13(10-19)21-17(11)15;1-19-11-15-8-7-13-9-14(18)10-16(17(13)20-15)12-5-3-2-4-6-12;17-15-4-2-1-3-13(15)14-8-11(18)7-10-5-6-12(9-19)20-16(10)14/h2*3,5-8,13,21H,2,4,9H2,1H3;2-5,8-9,13,20H,6-7,10H2,1H3;2-5,8-9,13H,6-7,10,19H2,1H3;2-6,9-10,15,19H,7-8,11H2,1H3;1-4,7-8,12H,5-6,9,19H2/t4*13-;15-;/m11111./s1. The van der Waals surface area contributed by atoms with Crippen LogP contribution in [0.5, 0.6) is 40.2 Å². The lowest BCUT2D eigenvalue weighted by Gasteiger charge is -2.28. The molecule has 0 aliphatic carbocycles. The van der Waals surface area contributed by atoms with Crippen molar-refractivity contribution in [3.8, 4) is 107 Å². The molecule has 6 heterocycles. The van der Waals surface area contributed by atoms with Crippen LogP contribution < -0.4 is 65.9 Å². The molecule has 25 heteroatoms. The molecule has 13 nitrogen and oxygen atoms in total. The maximum absolute atomic E-state index is 14.0. The van der Waals surface area contributed by atoms with Gasteiger partial charge in [0.05, 0.1) is 12.1 Å². The van der Waals surface area contributed by atoms with Crippen molar-refractivity contribution in [2.75, 3.05) is 74.6 Å². The molecule has 660 valence electrons. The summed E-state index contributed by atoms with van der Waals surface area (Å²) in [5.74, 6) is 3.60. The Kier molecular flexibility index (Phi) is 33.4. The number of hydrogen-bond acceptors (Lipinski definition) is 13. The maximum atomic E-state index is 14.0. The summed E-state index contributed by atoms with van der Waals surface area (Å²) >= 11 is 37.0. The van der Waals surface area contributed by atoms with Crippen LogP contribution in [-0.2, 0) is 38.5 Å². The third-order valence-electron chi connectivity index (χ3n) is 22.4. The third kappa shape index (κ3) is 23.6. The Labute approximate surface area is 762 Å². The molecule has 0 spiro atoms. The van der Waals surface area contributed by atoms with Crippen molar-refractivity contribution < 1.29 is 59.5 Å². The predicted molar refractivity (Wildman–Crippen MR) is 498 cm³/mol. The average Bonchev–Trinajstić information content (AvgIpc) is 0.807. The van der Waals surface area contributed by atoms with Gasteiger partial charge in [-0.25, -0.2) is 26.3 Å². The molecule has 0 bridgehead atoms. The van der Waals surface area contributed by atoms with Crippen LogP contribution in [0, 0.1) is 34.9 Å². The first-order chi connectivity index (χ1) is 61.0. The van der Waals surface area contributed by atoms with Crippen LogP contribution in [0.15, 0.2) is 212 Å². The van der Waals surface area contributed by atoms with Crippen molar-refractivity contribution in [3.05, 3.63) is 311 Å². The van der Waals surface area contributed by atoms with Crippen molar-refractivity contribution >= 4 is 69.6 Å². The van der Waals surface area contributed by atoms with Gasteiger partial charge in [0.25, 0.3) is 0 Å². The van der Waals surface area contributed by atoms with Crippen molar-refractivity contribution in [2.24, 2.45) is 11.5 Å². The van der Waals surface area contributed by atoms with Gasteiger partial charge in [0.1, 0.15) is 112 Å². The van der Waals surface area contributed by atoms with E-state index < -0.39 is 0 Å². The second-order valence-electron chi connectivity index (χ2n) is 31.3. The molecule has 18 rings (SSSR count). The van der Waals surface area contributed by atoms with Crippen molar-refractivity contribution in [1.82, 2.24) is 21.3 Å². The zero-order valence-electron chi connectivity index (χ0n) is 70.4. The average molecular weight is 1840 g/mol. The number of nitrogens with two attached hydrogens (primary N) is 2. The molecular formula is C101H100Cl6F6N6O7. The van der Waals surface area contributed by atoms with Gasteiger partial charge in [-0.2, -0.15) is 0 Å². The van der Waals surface area contributed by atoms with E-state index in [1.165, 1.54) is 48.5 Å². The quantitative estimate of drug-likeness (QED) is 0.0478. The van der Waals surface area contributed by atoms with Crippen molar-refractivity contribution in [2.45, 2.75) is 114 Å². The molecule has 6 atom stereocenters. The van der Waals surface area contributed by atoms with E-state index in [1.54, 1.807) is 73.8 Å². The summed E-state index contributed by atoms with van der Waals surface area (Å²) < 4.78 is 125. The van der Waals surface area contributed by atoms with Gasteiger partial charge < -0.3 is 65.9 Å². The van der Waals surface area contributed by atoms with Gasteiger partial charge in [-0.15, -0.1) is 0 Å². The lowest BCUT2D eigenvalue weighted by atomic mass is 9.95. The minimum atomic E-state index is -0.291. The highest BCUT2D eigenvalue weighted by molar-refractivity contribution is 6.37. The normalized spacial score (nSPS) is 17.2. The van der Waals surface area contributed by atoms with E-state index in [9.17, 15) is 26.3 Å². The fourth-order valence-corrected chi connectivity index (χ4v) is 17.8. The minimum absolute atomic E-state index is 0.0172. The fourth-order valence-electron chi connectivity index (χ4n) is 16.4. The molecule has 6 aliphatic rings. The van der Waals surface area contributed by atoms with Gasteiger partial charge >= 0.3 is 0 Å². The second-order valence-corrected chi connectivity index (χ2v) is 33.8. The van der Waals surface area contributed by atoms with Gasteiger partial charge in [0.2, 0.25) is 0 Å². The highest BCUT2D eigenvalue weighted by Crippen LogP contribution is 2.49. The predicted octanol–water partition coefficient (Wildman–Crippen LogP) is 23.8. The Hall–Kier alpha value is -9.68. The molecule has 0 saturated heterocycles. The first-order valence-corrected chi connectivity index (χ1v) is 44.3. The van der Waals surface area contributed by atoms with Crippen molar-refractivity contribution in [1.29, 1.82) is 0 Å². The highest BCUT2D eigenvalue weighted by Gasteiger charge is 2.32. The summed E-state index contributed by atoms with van der Waals surface area (Å²) in [5, 5.41) is 15.8. The summed E-state index contributed by atoms with van der Waals surface area (Å²) in [6.07, 6.45) is 10.3. The summed E-state index contributed by atoms with van der Waals surface area (Å²) in [5.41, 5.74) is 26.0. The molecule has 1 unspecified atom stereocenters. The van der Waals surface area contributed by atoms with E-state index in [-0.39, 0.29) is 71.5 Å². The van der Waals surface area contributed by atoms with E-state index in [0.29, 0.717) is 82.7 Å². The van der Waals surface area contributed by atoms with E-state index in [2.05, 4.69) is 21.3 Å². The molecule has 126 heavy (non-hydrogen) atoms. The largest absolute Gasteiger partial charge is 0.496 e. The molecule has 0 radical (unpaired) electrons. The topological polar surface area (TPSA) is 165 Å². The molecule has 0 amide bonds. The Balaban J connectivity index is 0.000000130. The lowest BCUT2D eigenvalue weighted by molar-refractivity contribution is 0.174. The number of benzene rings is 12. The Bertz CT molecular complexity index is 5770. The van der Waals surface area contributed by atoms with E-state index in [0.717, 1.165) is 204 Å². The van der Waals surface area contributed by atoms with E-state index in [1.807, 2.05) is 125 Å². The summed E-state index contributed by atoms with van der Waals surface area (Å²) in [7, 11) is 9.20. The van der Waals surface area contributed by atoms with E-state index >= 15 is 0 Å². The van der Waals surface area contributed by atoms with Gasteiger partial charge in [-0.3, -0.25) is 0 Å². The smallest absolute Gasteiger partial charge is 0.131 e. The number of para-hydroxylation sites is 1. The molecular weight excluding hydrogens is 1740 g/mol. The number of likely N-dealkylation sites (N-methyl/N-ethyl adjacent to an activating group) is 4. The van der Waals surface area contributed by atoms with Crippen LogP contribution in [0.4, 0.5) is 26.3 Å². The molecule has 0 aromatic heterocycles. The summed E-state index contributed by atoms with van der Waals surface area (Å²) in [6, 6.07) is 60.9. The van der Waals surface area contributed by atoms with Crippen LogP contribution in [-0.4, -0.2) is 111 Å². The van der Waals surface area contributed by atoms with Gasteiger partial charge in [0, 0.05) is 126 Å². The SMILES string of the molecule is CNC[C@H]1CCc2cc(F)cc(-c3cc(Cl)ccc3Cl)c2O1.CNC[C@H]1CCc2cc(F)cc(-c3ccc(Cl)cc3Cl)c2O1.CNC[C@H]1CCc2cc(F)cc(-c3ccccc3)c2O1.CNC[C@H]1CCc2cc(F)cc(-c3ccccc3Cl)c2O1.COc1ccccc1-c1cc(F)cc2c1O[C@@H](CN)CC2.NCC1CCc2cc(F)cc(-c3ccccc3Cl)c2O1. The summed E-state index contributed by atoms with van der Waals surface area (Å²) in [6.45, 7) is 4.01. The first-order valence-electron chi connectivity index (χ1n) is 42.1. The van der Waals surface area contributed by atoms with Crippen LogP contribution >= 0.6 is 69.6 Å². The Morgan fingerprint density at radius 2 is 0.563 bits per heavy atom. The van der Waals surface area contributed by atoms with Gasteiger partial charge in [0.15, 0.2) is 0 Å². The third-order valence-corrected chi connectivity index (χ3v) is 24.2. The van der Waals surface area contributed by atoms with Gasteiger partial charge in [-0.1, -0.05) is 161 Å². The van der Waals surface area contributed by atoms with Crippen LogP contribution in [0.1, 0.15) is 71.9 Å². The number of hydrogen-bond donors (Lipinski definition) is 6. The molecule has 0 saturated carbocycles. The van der Waals surface area contributed by atoms with Gasteiger partial charge in [-0.05, 0) is 266 Å². The molecule has 12 aromatic carbocycles. The summed E-state index contributed by atoms with van der Waals surface area (Å²) in [4.78, 5) is 0. The number of halogens is 12. The Morgan fingerprint density at radius 3 is 0.913 bits per heavy atom. The molecule has 0 fully saturated rings. The molecule has 12 aromatic rings. The van der Waals surface area contributed by atoms with Crippen molar-refractivity contribution in [3.63, 3.8) is 0 Å². The van der Waals surface area contributed by atoms with Crippen LogP contribution in [0.3, 0.4) is 0 Å². The second kappa shape index (κ2) is 44.8. The van der Waals surface area contributed by atoms with Crippen LogP contribution in [0.25, 0.3) is 66.8 Å². The highest BCUT2D eigenvalue weighted by atomic mass is 35.5. The zero-order chi connectivity index (χ0) is 89.1. The number of rotatable bonds is 17. The molecule has 8 N–H and O–H groups in total. The number of fused-ring (bicyclic) bond motifs is 6. The van der Waals surface area contributed by atoms with E-state index in [4.69, 9.17) is 114 Å². The fraction of sp³-hybridized carbons (Fsp3) is 0.287.